The number of hydrogen-bond donors (Lipinski definition) is 1. The van der Waals surface area contributed by atoms with E-state index >= 15 is 0 Å². The zero-order valence-electron chi connectivity index (χ0n) is 9.39. The van der Waals surface area contributed by atoms with Gasteiger partial charge in [0.25, 0.3) is 0 Å². The summed E-state index contributed by atoms with van der Waals surface area (Å²) < 4.78 is 28.4. The summed E-state index contributed by atoms with van der Waals surface area (Å²) in [5.41, 5.74) is 5.21. The Bertz CT molecular complexity index is 335. The van der Waals surface area contributed by atoms with Crippen molar-refractivity contribution in [3.05, 3.63) is 0 Å². The molecule has 0 bridgehead atoms. The van der Waals surface area contributed by atoms with E-state index in [1.54, 1.807) is 0 Å². The second-order valence-electron chi connectivity index (χ2n) is 3.74. The van der Waals surface area contributed by atoms with Crippen LogP contribution in [0.4, 0.5) is 0 Å². The Morgan fingerprint density at radius 1 is 1.44 bits per heavy atom. The standard InChI is InChI=1S/C9H18N2O4S/c1-8(16(13,14)7-2-10)9(12)11-3-5-15-6-4-11/h8H,2-7,10H2,1H3. The molecule has 0 aromatic heterocycles. The molecule has 0 aromatic carbocycles. The lowest BCUT2D eigenvalue weighted by molar-refractivity contribution is -0.134. The van der Waals surface area contributed by atoms with E-state index in [2.05, 4.69) is 0 Å². The predicted octanol–water partition coefficient (Wildman–Crippen LogP) is -1.39. The molecule has 1 heterocycles. The van der Waals surface area contributed by atoms with Gasteiger partial charge in [0, 0.05) is 19.6 Å². The van der Waals surface area contributed by atoms with E-state index in [4.69, 9.17) is 10.5 Å². The van der Waals surface area contributed by atoms with Crippen LogP contribution < -0.4 is 5.73 Å². The number of sulfone groups is 1. The fourth-order valence-corrected chi connectivity index (χ4v) is 2.67. The molecule has 0 aliphatic carbocycles. The molecular formula is C9H18N2O4S. The van der Waals surface area contributed by atoms with Crippen molar-refractivity contribution in [2.75, 3.05) is 38.6 Å². The Kier molecular flexibility index (Phi) is 4.69. The number of nitrogens with two attached hydrogens (primary N) is 1. The molecule has 1 aliphatic rings. The molecule has 0 radical (unpaired) electrons. The highest BCUT2D eigenvalue weighted by atomic mass is 32.2. The highest BCUT2D eigenvalue weighted by Gasteiger charge is 2.31. The molecule has 1 rings (SSSR count). The summed E-state index contributed by atoms with van der Waals surface area (Å²) in [6.07, 6.45) is 0. The van der Waals surface area contributed by atoms with Gasteiger partial charge in [0.15, 0.2) is 9.84 Å². The van der Waals surface area contributed by atoms with Crippen LogP contribution in [0.3, 0.4) is 0 Å². The Balaban J connectivity index is 2.65. The molecule has 1 saturated heterocycles. The van der Waals surface area contributed by atoms with Gasteiger partial charge in [0.05, 0.1) is 19.0 Å². The maximum atomic E-state index is 11.9. The summed E-state index contributed by atoms with van der Waals surface area (Å²) >= 11 is 0. The number of hydrogen-bond acceptors (Lipinski definition) is 5. The molecule has 2 N–H and O–H groups in total. The molecule has 1 fully saturated rings. The topological polar surface area (TPSA) is 89.7 Å². The van der Waals surface area contributed by atoms with Crippen molar-refractivity contribution >= 4 is 15.7 Å². The molecular weight excluding hydrogens is 232 g/mol. The molecule has 6 nitrogen and oxygen atoms in total. The normalized spacial score (nSPS) is 19.5. The van der Waals surface area contributed by atoms with Crippen LogP contribution >= 0.6 is 0 Å². The number of rotatable bonds is 4. The van der Waals surface area contributed by atoms with Crippen molar-refractivity contribution in [3.8, 4) is 0 Å². The van der Waals surface area contributed by atoms with Crippen molar-refractivity contribution in [3.63, 3.8) is 0 Å². The zero-order chi connectivity index (χ0) is 12.2. The number of amides is 1. The number of ether oxygens (including phenoxy) is 1. The second-order valence-corrected chi connectivity index (χ2v) is 6.18. The van der Waals surface area contributed by atoms with E-state index in [1.807, 2.05) is 0 Å². The van der Waals surface area contributed by atoms with Crippen molar-refractivity contribution < 1.29 is 17.9 Å². The third-order valence-corrected chi connectivity index (χ3v) is 4.70. The summed E-state index contributed by atoms with van der Waals surface area (Å²) in [7, 11) is -3.42. The van der Waals surface area contributed by atoms with Crippen molar-refractivity contribution in [2.24, 2.45) is 5.73 Å². The van der Waals surface area contributed by atoms with Gasteiger partial charge in [0.1, 0.15) is 5.25 Å². The van der Waals surface area contributed by atoms with Crippen LogP contribution in [0.2, 0.25) is 0 Å². The van der Waals surface area contributed by atoms with Crippen LogP contribution in [-0.4, -0.2) is 63.1 Å². The first-order valence-corrected chi connectivity index (χ1v) is 6.98. The van der Waals surface area contributed by atoms with Crippen molar-refractivity contribution in [1.29, 1.82) is 0 Å². The number of nitrogens with zero attached hydrogens (tertiary/aromatic N) is 1. The summed E-state index contributed by atoms with van der Waals surface area (Å²) in [6.45, 7) is 3.32. The lowest BCUT2D eigenvalue weighted by atomic mass is 10.3. The van der Waals surface area contributed by atoms with E-state index in [0.717, 1.165) is 0 Å². The highest BCUT2D eigenvalue weighted by Crippen LogP contribution is 2.08. The van der Waals surface area contributed by atoms with Gasteiger partial charge >= 0.3 is 0 Å². The monoisotopic (exact) mass is 250 g/mol. The minimum atomic E-state index is -3.42. The van der Waals surface area contributed by atoms with E-state index in [9.17, 15) is 13.2 Å². The highest BCUT2D eigenvalue weighted by molar-refractivity contribution is 7.92. The van der Waals surface area contributed by atoms with Crippen LogP contribution in [0.1, 0.15) is 6.92 Å². The molecule has 0 saturated carbocycles. The second kappa shape index (κ2) is 5.60. The van der Waals surface area contributed by atoms with Crippen molar-refractivity contribution in [1.82, 2.24) is 4.90 Å². The van der Waals surface area contributed by atoms with E-state index in [-0.39, 0.29) is 18.2 Å². The molecule has 16 heavy (non-hydrogen) atoms. The third-order valence-electron chi connectivity index (χ3n) is 2.61. The van der Waals surface area contributed by atoms with Gasteiger partial charge in [-0.1, -0.05) is 0 Å². The minimum absolute atomic E-state index is 0.0447. The summed E-state index contributed by atoms with van der Waals surface area (Å²) in [5.74, 6) is -0.499. The van der Waals surface area contributed by atoms with Crippen LogP contribution in [-0.2, 0) is 19.4 Å². The fourth-order valence-electron chi connectivity index (χ4n) is 1.54. The van der Waals surface area contributed by atoms with Gasteiger partial charge in [-0.3, -0.25) is 4.79 Å². The molecule has 0 spiro atoms. The predicted molar refractivity (Wildman–Crippen MR) is 59.7 cm³/mol. The number of morpholine rings is 1. The number of carbonyl (C=O) groups is 1. The Labute approximate surface area is 95.7 Å². The van der Waals surface area contributed by atoms with E-state index < -0.39 is 15.1 Å². The lowest BCUT2D eigenvalue weighted by Crippen LogP contribution is -2.47. The maximum Gasteiger partial charge on any atom is 0.240 e. The van der Waals surface area contributed by atoms with Gasteiger partial charge in [0.2, 0.25) is 5.91 Å². The van der Waals surface area contributed by atoms with Gasteiger partial charge < -0.3 is 15.4 Å². The zero-order valence-corrected chi connectivity index (χ0v) is 10.2. The van der Waals surface area contributed by atoms with Crippen LogP contribution in [0.25, 0.3) is 0 Å². The average Bonchev–Trinajstić information content (AvgIpc) is 2.28. The first kappa shape index (κ1) is 13.4. The summed E-state index contributed by atoms with van der Waals surface area (Å²) in [6, 6.07) is 0. The van der Waals surface area contributed by atoms with Gasteiger partial charge in [-0.2, -0.15) is 0 Å². The Morgan fingerprint density at radius 2 is 2.00 bits per heavy atom. The molecule has 7 heteroatoms. The average molecular weight is 250 g/mol. The summed E-state index contributed by atoms with van der Waals surface area (Å²) in [5, 5.41) is -1.01. The quantitative estimate of drug-likeness (QED) is 0.663. The molecule has 1 aliphatic heterocycles. The lowest BCUT2D eigenvalue weighted by Gasteiger charge is -2.29. The first-order chi connectivity index (χ1) is 7.49. The SMILES string of the molecule is CC(C(=O)N1CCOCC1)S(=O)(=O)CCN. The maximum absolute atomic E-state index is 11.9. The van der Waals surface area contributed by atoms with E-state index in [0.29, 0.717) is 26.3 Å². The summed E-state index contributed by atoms with van der Waals surface area (Å²) in [4.78, 5) is 13.4. The Morgan fingerprint density at radius 3 is 2.50 bits per heavy atom. The van der Waals surface area contributed by atoms with Gasteiger partial charge in [-0.05, 0) is 6.92 Å². The van der Waals surface area contributed by atoms with Gasteiger partial charge in [-0.15, -0.1) is 0 Å². The molecule has 1 unspecified atom stereocenters. The molecule has 1 atom stereocenters. The van der Waals surface area contributed by atoms with Crippen LogP contribution in [0.5, 0.6) is 0 Å². The minimum Gasteiger partial charge on any atom is -0.378 e. The smallest absolute Gasteiger partial charge is 0.240 e. The largest absolute Gasteiger partial charge is 0.378 e. The first-order valence-electron chi connectivity index (χ1n) is 5.27. The van der Waals surface area contributed by atoms with Crippen molar-refractivity contribution in [2.45, 2.75) is 12.2 Å². The van der Waals surface area contributed by atoms with E-state index in [1.165, 1.54) is 11.8 Å². The fraction of sp³-hybridized carbons (Fsp3) is 0.889. The molecule has 0 aromatic rings. The molecule has 1 amide bonds. The third kappa shape index (κ3) is 3.16. The number of carbonyl (C=O) groups excluding carboxylic acids is 1. The Hall–Kier alpha value is -0.660. The van der Waals surface area contributed by atoms with Crippen LogP contribution in [0.15, 0.2) is 0 Å². The van der Waals surface area contributed by atoms with Gasteiger partial charge in [-0.25, -0.2) is 8.42 Å². The van der Waals surface area contributed by atoms with Crippen LogP contribution in [0, 0.1) is 0 Å². The molecule has 94 valence electrons.